The third-order valence-corrected chi connectivity index (χ3v) is 5.29. The number of ether oxygens (including phenoxy) is 3. The molecule has 1 aromatic heterocycles. The number of pyridine rings is 1. The van der Waals surface area contributed by atoms with E-state index in [1.165, 1.54) is 0 Å². The van der Waals surface area contributed by atoms with E-state index in [0.717, 1.165) is 11.1 Å². The number of carbonyl (C=O) groups excluding carboxylic acids is 1. The fourth-order valence-electron chi connectivity index (χ4n) is 3.37. The first-order chi connectivity index (χ1) is 13.7. The SMILES string of the molecule is COCCOc1ccc(CNC(=O)C2(c3ccccc3Cl)CCOCC2)cn1. The summed E-state index contributed by atoms with van der Waals surface area (Å²) < 4.78 is 15.9. The van der Waals surface area contributed by atoms with Gasteiger partial charge in [0, 0.05) is 44.2 Å². The van der Waals surface area contributed by atoms with Gasteiger partial charge in [-0.2, -0.15) is 0 Å². The number of nitrogens with one attached hydrogen (secondary N) is 1. The largest absolute Gasteiger partial charge is 0.475 e. The summed E-state index contributed by atoms with van der Waals surface area (Å²) >= 11 is 6.42. The van der Waals surface area contributed by atoms with Crippen LogP contribution in [0, 0.1) is 0 Å². The lowest BCUT2D eigenvalue weighted by atomic mass is 9.73. The molecule has 2 heterocycles. The standard InChI is InChI=1S/C21H25ClN2O4/c1-26-12-13-28-19-7-6-16(14-23-19)15-24-20(25)21(8-10-27-11-9-21)17-4-2-3-5-18(17)22/h2-7,14H,8-13,15H2,1H3,(H,24,25). The molecule has 0 atom stereocenters. The number of benzene rings is 1. The summed E-state index contributed by atoms with van der Waals surface area (Å²) in [6.45, 7) is 2.41. The zero-order valence-corrected chi connectivity index (χ0v) is 16.7. The van der Waals surface area contributed by atoms with E-state index in [4.69, 9.17) is 25.8 Å². The first-order valence-corrected chi connectivity index (χ1v) is 9.71. The van der Waals surface area contributed by atoms with E-state index < -0.39 is 5.41 Å². The summed E-state index contributed by atoms with van der Waals surface area (Å²) in [5.74, 6) is 0.494. The first kappa shape index (κ1) is 20.6. The maximum Gasteiger partial charge on any atom is 0.231 e. The second-order valence-electron chi connectivity index (χ2n) is 6.70. The number of aromatic nitrogens is 1. The Hall–Kier alpha value is -2.15. The van der Waals surface area contributed by atoms with Gasteiger partial charge in [-0.15, -0.1) is 0 Å². The summed E-state index contributed by atoms with van der Waals surface area (Å²) in [6, 6.07) is 11.2. The molecule has 150 valence electrons. The van der Waals surface area contributed by atoms with Crippen molar-refractivity contribution in [3.05, 3.63) is 58.7 Å². The number of halogens is 1. The van der Waals surface area contributed by atoms with Gasteiger partial charge in [-0.3, -0.25) is 4.79 Å². The minimum Gasteiger partial charge on any atom is -0.475 e. The molecule has 0 bridgehead atoms. The van der Waals surface area contributed by atoms with E-state index in [9.17, 15) is 4.79 Å². The molecule has 1 aliphatic heterocycles. The van der Waals surface area contributed by atoms with Gasteiger partial charge in [-0.05, 0) is 30.0 Å². The Kier molecular flexibility index (Phi) is 7.25. The minimum absolute atomic E-state index is 0.0377. The Morgan fingerprint density at radius 1 is 1.21 bits per heavy atom. The first-order valence-electron chi connectivity index (χ1n) is 9.33. The highest BCUT2D eigenvalue weighted by Crippen LogP contribution is 2.38. The van der Waals surface area contributed by atoms with Gasteiger partial charge in [0.15, 0.2) is 0 Å². The highest BCUT2D eigenvalue weighted by Gasteiger charge is 2.42. The highest BCUT2D eigenvalue weighted by molar-refractivity contribution is 6.31. The minimum atomic E-state index is -0.673. The molecule has 1 aromatic carbocycles. The van der Waals surface area contributed by atoms with Crippen LogP contribution >= 0.6 is 11.6 Å². The van der Waals surface area contributed by atoms with E-state index in [1.54, 1.807) is 19.4 Å². The van der Waals surface area contributed by atoms with Crippen LogP contribution in [0.3, 0.4) is 0 Å². The second-order valence-corrected chi connectivity index (χ2v) is 7.11. The van der Waals surface area contributed by atoms with Crippen LogP contribution in [-0.4, -0.2) is 44.4 Å². The summed E-state index contributed by atoms with van der Waals surface area (Å²) in [6.07, 6.45) is 2.91. The molecule has 1 amide bonds. The van der Waals surface area contributed by atoms with Crippen LogP contribution in [0.5, 0.6) is 5.88 Å². The summed E-state index contributed by atoms with van der Waals surface area (Å²) in [5.41, 5.74) is 1.08. The lowest BCUT2D eigenvalue weighted by Crippen LogP contribution is -2.48. The molecule has 1 N–H and O–H groups in total. The molecule has 1 saturated heterocycles. The molecule has 3 rings (SSSR count). The van der Waals surface area contributed by atoms with Crippen molar-refractivity contribution in [1.82, 2.24) is 10.3 Å². The normalized spacial score (nSPS) is 15.8. The van der Waals surface area contributed by atoms with Gasteiger partial charge in [0.1, 0.15) is 6.61 Å². The van der Waals surface area contributed by atoms with Crippen molar-refractivity contribution in [2.45, 2.75) is 24.8 Å². The Morgan fingerprint density at radius 3 is 2.68 bits per heavy atom. The zero-order valence-electron chi connectivity index (χ0n) is 15.9. The number of amides is 1. The topological polar surface area (TPSA) is 69.7 Å². The molecule has 0 radical (unpaired) electrons. The second kappa shape index (κ2) is 9.87. The van der Waals surface area contributed by atoms with Crippen molar-refractivity contribution in [3.63, 3.8) is 0 Å². The number of hydrogen-bond donors (Lipinski definition) is 1. The van der Waals surface area contributed by atoms with Gasteiger partial charge in [0.05, 0.1) is 12.0 Å². The van der Waals surface area contributed by atoms with Gasteiger partial charge in [0.2, 0.25) is 11.8 Å². The lowest BCUT2D eigenvalue weighted by Gasteiger charge is -2.36. The van der Waals surface area contributed by atoms with E-state index in [-0.39, 0.29) is 5.91 Å². The van der Waals surface area contributed by atoms with Crippen molar-refractivity contribution in [1.29, 1.82) is 0 Å². The van der Waals surface area contributed by atoms with Crippen LogP contribution in [0.1, 0.15) is 24.0 Å². The van der Waals surface area contributed by atoms with Crippen LogP contribution in [0.2, 0.25) is 5.02 Å². The number of methoxy groups -OCH3 is 1. The molecule has 0 saturated carbocycles. The van der Waals surface area contributed by atoms with Crippen LogP contribution < -0.4 is 10.1 Å². The molecule has 1 fully saturated rings. The lowest BCUT2D eigenvalue weighted by molar-refractivity contribution is -0.130. The van der Waals surface area contributed by atoms with Gasteiger partial charge in [-0.25, -0.2) is 4.98 Å². The number of rotatable bonds is 8. The molecule has 28 heavy (non-hydrogen) atoms. The van der Waals surface area contributed by atoms with Crippen molar-refractivity contribution in [2.75, 3.05) is 33.5 Å². The quantitative estimate of drug-likeness (QED) is 0.684. The molecular weight excluding hydrogens is 380 g/mol. The Labute approximate surface area is 170 Å². The molecule has 2 aromatic rings. The molecular formula is C21H25ClN2O4. The summed E-state index contributed by atoms with van der Waals surface area (Å²) in [5, 5.41) is 3.66. The van der Waals surface area contributed by atoms with Gasteiger partial charge in [-0.1, -0.05) is 35.9 Å². The maximum atomic E-state index is 13.2. The highest BCUT2D eigenvalue weighted by atomic mass is 35.5. The van der Waals surface area contributed by atoms with Crippen LogP contribution in [-0.2, 0) is 26.2 Å². The van der Waals surface area contributed by atoms with E-state index in [0.29, 0.717) is 56.7 Å². The number of carbonyl (C=O) groups is 1. The smallest absolute Gasteiger partial charge is 0.231 e. The van der Waals surface area contributed by atoms with Crippen molar-refractivity contribution < 1.29 is 19.0 Å². The Balaban J connectivity index is 1.67. The molecule has 0 aliphatic carbocycles. The van der Waals surface area contributed by atoms with Gasteiger partial charge < -0.3 is 19.5 Å². The van der Waals surface area contributed by atoms with E-state index in [2.05, 4.69) is 10.3 Å². The van der Waals surface area contributed by atoms with Gasteiger partial charge >= 0.3 is 0 Å². The summed E-state index contributed by atoms with van der Waals surface area (Å²) in [4.78, 5) is 17.5. The zero-order chi connectivity index (χ0) is 19.8. The Bertz CT molecular complexity index is 776. The third-order valence-electron chi connectivity index (χ3n) is 4.96. The molecule has 1 aliphatic rings. The third kappa shape index (κ3) is 4.82. The van der Waals surface area contributed by atoms with E-state index >= 15 is 0 Å². The molecule has 0 unspecified atom stereocenters. The monoisotopic (exact) mass is 404 g/mol. The fraction of sp³-hybridized carbons (Fsp3) is 0.429. The molecule has 7 heteroatoms. The predicted molar refractivity (Wildman–Crippen MR) is 107 cm³/mol. The van der Waals surface area contributed by atoms with Crippen molar-refractivity contribution >= 4 is 17.5 Å². The number of nitrogens with zero attached hydrogens (tertiary/aromatic N) is 1. The maximum absolute atomic E-state index is 13.2. The van der Waals surface area contributed by atoms with Crippen LogP contribution in [0.4, 0.5) is 0 Å². The average molecular weight is 405 g/mol. The molecule has 0 spiro atoms. The average Bonchev–Trinajstić information content (AvgIpc) is 2.74. The van der Waals surface area contributed by atoms with E-state index in [1.807, 2.05) is 30.3 Å². The van der Waals surface area contributed by atoms with Crippen molar-refractivity contribution in [3.8, 4) is 5.88 Å². The molecule has 6 nitrogen and oxygen atoms in total. The fourth-order valence-corrected chi connectivity index (χ4v) is 3.69. The predicted octanol–water partition coefficient (Wildman–Crippen LogP) is 3.12. The van der Waals surface area contributed by atoms with Gasteiger partial charge in [0.25, 0.3) is 0 Å². The Morgan fingerprint density at radius 2 is 2.00 bits per heavy atom. The van der Waals surface area contributed by atoms with Crippen LogP contribution in [0.15, 0.2) is 42.6 Å². The summed E-state index contributed by atoms with van der Waals surface area (Å²) in [7, 11) is 1.62. The number of hydrogen-bond acceptors (Lipinski definition) is 5. The van der Waals surface area contributed by atoms with Crippen molar-refractivity contribution in [2.24, 2.45) is 0 Å². The van der Waals surface area contributed by atoms with Crippen LogP contribution in [0.25, 0.3) is 0 Å².